The number of carbonyl (C=O) groups excluding carboxylic acids is 1. The molecular weight excluding hydrogens is 358 g/mol. The lowest BCUT2D eigenvalue weighted by Crippen LogP contribution is -2.43. The number of hydrogen-bond donors (Lipinski definition) is 1. The van der Waals surface area contributed by atoms with Gasteiger partial charge in [0.15, 0.2) is 5.76 Å². The predicted octanol–water partition coefficient (Wildman–Crippen LogP) is 2.03. The van der Waals surface area contributed by atoms with Crippen molar-refractivity contribution in [2.24, 2.45) is 0 Å². The SMILES string of the molecule is C#Cc1ccc([C@H]2C=C(C(=O)N3CCOCC3)O[C@@H](OCCCCO)C2)cc1. The lowest BCUT2D eigenvalue weighted by Gasteiger charge is -2.33. The molecule has 1 aromatic carbocycles. The van der Waals surface area contributed by atoms with Gasteiger partial charge in [-0.2, -0.15) is 0 Å². The van der Waals surface area contributed by atoms with Crippen LogP contribution >= 0.6 is 0 Å². The minimum absolute atomic E-state index is 0.00315. The second kappa shape index (κ2) is 10.3. The Morgan fingerprint density at radius 3 is 2.68 bits per heavy atom. The van der Waals surface area contributed by atoms with E-state index in [-0.39, 0.29) is 18.4 Å². The summed E-state index contributed by atoms with van der Waals surface area (Å²) in [6.07, 6.45) is 8.87. The largest absolute Gasteiger partial charge is 0.459 e. The zero-order valence-corrected chi connectivity index (χ0v) is 16.0. The van der Waals surface area contributed by atoms with Crippen LogP contribution in [0, 0.1) is 12.3 Å². The number of terminal acetylenes is 1. The van der Waals surface area contributed by atoms with Gasteiger partial charge >= 0.3 is 0 Å². The number of benzene rings is 1. The van der Waals surface area contributed by atoms with Crippen molar-refractivity contribution >= 4 is 5.91 Å². The zero-order chi connectivity index (χ0) is 19.8. The molecule has 28 heavy (non-hydrogen) atoms. The number of rotatable bonds is 7. The van der Waals surface area contributed by atoms with E-state index in [2.05, 4.69) is 5.92 Å². The third kappa shape index (κ3) is 5.35. The maximum absolute atomic E-state index is 12.9. The van der Waals surface area contributed by atoms with Gasteiger partial charge in [0.1, 0.15) is 0 Å². The summed E-state index contributed by atoms with van der Waals surface area (Å²) in [7, 11) is 0. The first-order chi connectivity index (χ1) is 13.7. The third-order valence-electron chi connectivity index (χ3n) is 4.93. The molecule has 0 radical (unpaired) electrons. The van der Waals surface area contributed by atoms with Crippen molar-refractivity contribution < 1.29 is 24.1 Å². The summed E-state index contributed by atoms with van der Waals surface area (Å²) in [5.74, 6) is 2.82. The Morgan fingerprint density at radius 2 is 2.00 bits per heavy atom. The summed E-state index contributed by atoms with van der Waals surface area (Å²) in [5.41, 5.74) is 1.89. The molecule has 2 atom stereocenters. The minimum Gasteiger partial charge on any atom is -0.459 e. The molecular formula is C22H27NO5. The van der Waals surface area contributed by atoms with Gasteiger partial charge in [-0.25, -0.2) is 0 Å². The van der Waals surface area contributed by atoms with Crippen molar-refractivity contribution in [1.82, 2.24) is 4.90 Å². The summed E-state index contributed by atoms with van der Waals surface area (Å²) in [5, 5.41) is 8.93. The molecule has 3 rings (SSSR count). The molecule has 2 aliphatic rings. The second-order valence-electron chi connectivity index (χ2n) is 6.89. The maximum atomic E-state index is 12.9. The van der Waals surface area contributed by atoms with E-state index in [1.807, 2.05) is 30.3 Å². The van der Waals surface area contributed by atoms with E-state index in [1.54, 1.807) is 4.90 Å². The first-order valence-electron chi connectivity index (χ1n) is 9.76. The minimum atomic E-state index is -0.499. The molecule has 1 saturated heterocycles. The first kappa shape index (κ1) is 20.4. The number of carbonyl (C=O) groups is 1. The van der Waals surface area contributed by atoms with Crippen LogP contribution < -0.4 is 0 Å². The number of ether oxygens (including phenoxy) is 3. The van der Waals surface area contributed by atoms with Gasteiger partial charge in [0, 0.05) is 37.6 Å². The van der Waals surface area contributed by atoms with Gasteiger partial charge in [0.25, 0.3) is 5.91 Å². The number of allylic oxidation sites excluding steroid dienone is 1. The molecule has 1 N–H and O–H groups in total. The normalized spacial score (nSPS) is 22.1. The Kier molecular flexibility index (Phi) is 7.49. The molecule has 0 unspecified atom stereocenters. The Morgan fingerprint density at radius 1 is 1.25 bits per heavy atom. The molecule has 6 nitrogen and oxygen atoms in total. The van der Waals surface area contributed by atoms with Crippen LogP contribution in [0.3, 0.4) is 0 Å². The number of nitrogens with zero attached hydrogens (tertiary/aromatic N) is 1. The molecule has 6 heteroatoms. The van der Waals surface area contributed by atoms with E-state index >= 15 is 0 Å². The zero-order valence-electron chi connectivity index (χ0n) is 16.0. The molecule has 2 heterocycles. The highest BCUT2D eigenvalue weighted by Gasteiger charge is 2.31. The molecule has 0 saturated carbocycles. The maximum Gasteiger partial charge on any atom is 0.288 e. The van der Waals surface area contributed by atoms with Crippen LogP contribution in [0.25, 0.3) is 0 Å². The summed E-state index contributed by atoms with van der Waals surface area (Å²) >= 11 is 0. The Hall–Kier alpha value is -2.33. The van der Waals surface area contributed by atoms with Crippen LogP contribution in [0.2, 0.25) is 0 Å². The molecule has 1 amide bonds. The molecule has 1 fully saturated rings. The molecule has 2 aliphatic heterocycles. The number of hydrogen-bond acceptors (Lipinski definition) is 5. The highest BCUT2D eigenvalue weighted by Crippen LogP contribution is 2.32. The Balaban J connectivity index is 1.75. The highest BCUT2D eigenvalue weighted by molar-refractivity contribution is 5.91. The summed E-state index contributed by atoms with van der Waals surface area (Å²) in [4.78, 5) is 14.7. The second-order valence-corrected chi connectivity index (χ2v) is 6.89. The summed E-state index contributed by atoms with van der Waals surface area (Å²) in [6, 6.07) is 7.78. The Labute approximate surface area is 166 Å². The van der Waals surface area contributed by atoms with E-state index in [0.717, 1.165) is 17.5 Å². The van der Waals surface area contributed by atoms with Gasteiger partial charge in [-0.05, 0) is 36.6 Å². The standard InChI is InChI=1S/C22H27NO5/c1-2-17-5-7-18(8-6-17)19-15-20(22(25)23-9-13-26-14-10-23)28-21(16-19)27-12-4-3-11-24/h1,5-8,15,19,21,24H,3-4,9-14,16H2/t19-,21+/m0/s1. The fourth-order valence-electron chi connectivity index (χ4n) is 3.32. The van der Waals surface area contributed by atoms with Gasteiger partial charge in [-0.15, -0.1) is 6.42 Å². The molecule has 0 bridgehead atoms. The smallest absolute Gasteiger partial charge is 0.288 e. The lowest BCUT2D eigenvalue weighted by atomic mass is 9.92. The number of unbranched alkanes of at least 4 members (excludes halogenated alkanes) is 1. The van der Waals surface area contributed by atoms with Crippen molar-refractivity contribution in [3.8, 4) is 12.3 Å². The van der Waals surface area contributed by atoms with Gasteiger partial charge in [-0.1, -0.05) is 18.1 Å². The van der Waals surface area contributed by atoms with E-state index < -0.39 is 6.29 Å². The third-order valence-corrected chi connectivity index (χ3v) is 4.93. The molecule has 0 spiro atoms. The van der Waals surface area contributed by atoms with Crippen molar-refractivity contribution in [1.29, 1.82) is 0 Å². The summed E-state index contributed by atoms with van der Waals surface area (Å²) in [6.45, 7) is 2.81. The van der Waals surface area contributed by atoms with E-state index in [1.165, 1.54) is 0 Å². The molecule has 150 valence electrons. The average Bonchev–Trinajstić information content (AvgIpc) is 2.76. The monoisotopic (exact) mass is 385 g/mol. The van der Waals surface area contributed by atoms with Crippen LogP contribution in [0.15, 0.2) is 36.1 Å². The fourth-order valence-corrected chi connectivity index (χ4v) is 3.32. The van der Waals surface area contributed by atoms with Crippen molar-refractivity contribution in [2.75, 3.05) is 39.5 Å². The lowest BCUT2D eigenvalue weighted by molar-refractivity contribution is -0.155. The fraction of sp³-hybridized carbons (Fsp3) is 0.500. The van der Waals surface area contributed by atoms with Crippen LogP contribution in [0.1, 0.15) is 36.3 Å². The predicted molar refractivity (Wildman–Crippen MR) is 104 cm³/mol. The number of amides is 1. The Bertz CT molecular complexity index is 715. The van der Waals surface area contributed by atoms with Gasteiger partial charge in [-0.3, -0.25) is 4.79 Å². The van der Waals surface area contributed by atoms with E-state index in [4.69, 9.17) is 25.7 Å². The van der Waals surface area contributed by atoms with Crippen LogP contribution in [-0.4, -0.2) is 61.7 Å². The van der Waals surface area contributed by atoms with Crippen molar-refractivity contribution in [2.45, 2.75) is 31.5 Å². The van der Waals surface area contributed by atoms with E-state index in [0.29, 0.717) is 51.5 Å². The molecule has 0 aliphatic carbocycles. The number of morpholine rings is 1. The van der Waals surface area contributed by atoms with Crippen molar-refractivity contribution in [3.63, 3.8) is 0 Å². The van der Waals surface area contributed by atoms with Crippen LogP contribution in [-0.2, 0) is 19.0 Å². The summed E-state index contributed by atoms with van der Waals surface area (Å²) < 4.78 is 17.1. The van der Waals surface area contributed by atoms with Gasteiger partial charge in [0.2, 0.25) is 6.29 Å². The number of aliphatic hydroxyl groups is 1. The van der Waals surface area contributed by atoms with Crippen LogP contribution in [0.4, 0.5) is 0 Å². The van der Waals surface area contributed by atoms with Gasteiger partial charge in [0.05, 0.1) is 19.8 Å². The van der Waals surface area contributed by atoms with E-state index in [9.17, 15) is 4.79 Å². The van der Waals surface area contributed by atoms with Crippen molar-refractivity contribution in [3.05, 3.63) is 47.2 Å². The molecule has 1 aromatic rings. The topological polar surface area (TPSA) is 68.2 Å². The average molecular weight is 385 g/mol. The molecule has 0 aromatic heterocycles. The quantitative estimate of drug-likeness (QED) is 0.575. The number of aliphatic hydroxyl groups excluding tert-OH is 1. The highest BCUT2D eigenvalue weighted by atomic mass is 16.7. The first-order valence-corrected chi connectivity index (χ1v) is 9.76. The van der Waals surface area contributed by atoms with Crippen LogP contribution in [0.5, 0.6) is 0 Å². The van der Waals surface area contributed by atoms with Gasteiger partial charge < -0.3 is 24.2 Å².